The van der Waals surface area contributed by atoms with Gasteiger partial charge >= 0.3 is 0 Å². The summed E-state index contributed by atoms with van der Waals surface area (Å²) in [4.78, 5) is 4.07. The Hall–Kier alpha value is -0.850. The Morgan fingerprint density at radius 2 is 1.91 bits per heavy atom. The molecule has 0 saturated heterocycles. The van der Waals surface area contributed by atoms with Gasteiger partial charge in [0.15, 0.2) is 0 Å². The van der Waals surface area contributed by atoms with E-state index >= 15 is 0 Å². The molecule has 62 valence electrons. The minimum atomic E-state index is 0.582. The van der Waals surface area contributed by atoms with Gasteiger partial charge in [0, 0.05) is 12.4 Å². The van der Waals surface area contributed by atoms with Gasteiger partial charge in [-0.15, -0.1) is 0 Å². The fraction of sp³-hybridized carbons (Fsp3) is 0.500. The molecule has 0 radical (unpaired) electrons. The van der Waals surface area contributed by atoms with Gasteiger partial charge in [0.2, 0.25) is 0 Å². The second kappa shape index (κ2) is 5.90. The molecule has 0 atom stereocenters. The van der Waals surface area contributed by atoms with Crippen molar-refractivity contribution < 1.29 is 0 Å². The number of hydrogen-bond acceptors (Lipinski definition) is 1. The maximum atomic E-state index is 4.07. The molecule has 0 amide bonds. The van der Waals surface area contributed by atoms with Crippen molar-refractivity contribution in [3.63, 3.8) is 0 Å². The molecule has 0 aromatic carbocycles. The summed E-state index contributed by atoms with van der Waals surface area (Å²) in [5, 5.41) is 0. The Morgan fingerprint density at radius 3 is 2.36 bits per heavy atom. The van der Waals surface area contributed by atoms with Gasteiger partial charge in [-0.1, -0.05) is 25.5 Å². The SMILES string of the molecule is CC(C)=CC=N/C=C/C(C)C. The zero-order valence-corrected chi connectivity index (χ0v) is 7.83. The molecule has 1 heteroatoms. The molecule has 0 saturated carbocycles. The number of rotatable bonds is 3. The molecule has 0 N–H and O–H groups in total. The van der Waals surface area contributed by atoms with Crippen LogP contribution in [0.1, 0.15) is 27.7 Å². The third kappa shape index (κ3) is 9.15. The molecule has 0 rings (SSSR count). The van der Waals surface area contributed by atoms with Crippen molar-refractivity contribution in [2.75, 3.05) is 0 Å². The highest BCUT2D eigenvalue weighted by atomic mass is 14.7. The first-order valence-electron chi connectivity index (χ1n) is 3.96. The van der Waals surface area contributed by atoms with Gasteiger partial charge in [0.1, 0.15) is 0 Å². The minimum Gasteiger partial charge on any atom is -0.265 e. The topological polar surface area (TPSA) is 12.4 Å². The van der Waals surface area contributed by atoms with E-state index in [4.69, 9.17) is 0 Å². The summed E-state index contributed by atoms with van der Waals surface area (Å²) in [5.74, 6) is 0.582. The van der Waals surface area contributed by atoms with Crippen LogP contribution >= 0.6 is 0 Å². The van der Waals surface area contributed by atoms with E-state index in [1.165, 1.54) is 5.57 Å². The zero-order chi connectivity index (χ0) is 8.69. The predicted molar refractivity (Wildman–Crippen MR) is 51.9 cm³/mol. The molecule has 0 aliphatic heterocycles. The standard InChI is InChI=1S/C10H17N/c1-9(2)5-7-11-8-6-10(3)4/h5-9H,1-4H3/b7-5+,11-8?. The van der Waals surface area contributed by atoms with E-state index in [0.29, 0.717) is 5.92 Å². The van der Waals surface area contributed by atoms with Crippen molar-refractivity contribution in [2.24, 2.45) is 10.9 Å². The predicted octanol–water partition coefficient (Wildman–Crippen LogP) is 3.19. The van der Waals surface area contributed by atoms with Crippen LogP contribution in [0.4, 0.5) is 0 Å². The van der Waals surface area contributed by atoms with Crippen LogP contribution in [-0.2, 0) is 0 Å². The minimum absolute atomic E-state index is 0.582. The fourth-order valence-electron chi connectivity index (χ4n) is 0.464. The summed E-state index contributed by atoms with van der Waals surface area (Å²) >= 11 is 0. The van der Waals surface area contributed by atoms with Gasteiger partial charge in [0.05, 0.1) is 0 Å². The van der Waals surface area contributed by atoms with E-state index in [1.807, 2.05) is 18.5 Å². The van der Waals surface area contributed by atoms with Crippen LogP contribution in [0.2, 0.25) is 0 Å². The van der Waals surface area contributed by atoms with Crippen LogP contribution in [0, 0.1) is 5.92 Å². The molecule has 0 aromatic rings. The molecule has 0 heterocycles. The highest BCUT2D eigenvalue weighted by Gasteiger charge is 1.79. The van der Waals surface area contributed by atoms with Gasteiger partial charge < -0.3 is 0 Å². The van der Waals surface area contributed by atoms with E-state index in [-0.39, 0.29) is 0 Å². The molecule has 0 aliphatic rings. The molecule has 0 aromatic heterocycles. The van der Waals surface area contributed by atoms with Crippen molar-refractivity contribution >= 4 is 6.21 Å². The normalized spacial score (nSPS) is 11.7. The average Bonchev–Trinajstić information content (AvgIpc) is 1.85. The van der Waals surface area contributed by atoms with Crippen LogP contribution in [0.15, 0.2) is 28.9 Å². The Kier molecular flexibility index (Phi) is 5.44. The second-order valence-electron chi connectivity index (χ2n) is 3.13. The number of aliphatic imine (C=N–C) groups is 1. The van der Waals surface area contributed by atoms with Crippen molar-refractivity contribution in [3.05, 3.63) is 23.9 Å². The molecule has 0 aliphatic carbocycles. The second-order valence-corrected chi connectivity index (χ2v) is 3.13. The summed E-state index contributed by atoms with van der Waals surface area (Å²) in [6, 6.07) is 0. The molecule has 11 heavy (non-hydrogen) atoms. The highest BCUT2D eigenvalue weighted by molar-refractivity contribution is 5.72. The molecule has 0 fully saturated rings. The molecular formula is C10H17N. The Morgan fingerprint density at radius 1 is 1.27 bits per heavy atom. The Bertz CT molecular complexity index is 169. The van der Waals surface area contributed by atoms with Crippen LogP contribution in [0.3, 0.4) is 0 Å². The number of hydrogen-bond donors (Lipinski definition) is 0. The Balaban J connectivity index is 3.69. The lowest BCUT2D eigenvalue weighted by Gasteiger charge is -1.88. The molecule has 0 bridgehead atoms. The maximum absolute atomic E-state index is 4.07. The summed E-state index contributed by atoms with van der Waals surface area (Å²) in [6.45, 7) is 8.37. The van der Waals surface area contributed by atoms with Crippen molar-refractivity contribution in [3.8, 4) is 0 Å². The Labute approximate surface area is 69.5 Å². The van der Waals surface area contributed by atoms with Crippen LogP contribution in [0.25, 0.3) is 0 Å². The summed E-state index contributed by atoms with van der Waals surface area (Å²) in [5.41, 5.74) is 1.27. The lowest BCUT2D eigenvalue weighted by atomic mass is 10.2. The van der Waals surface area contributed by atoms with Gasteiger partial charge in [0.25, 0.3) is 0 Å². The summed E-state index contributed by atoms with van der Waals surface area (Å²) in [7, 11) is 0. The van der Waals surface area contributed by atoms with Gasteiger partial charge in [-0.25, -0.2) is 0 Å². The third-order valence-electron chi connectivity index (χ3n) is 1.05. The fourth-order valence-corrected chi connectivity index (χ4v) is 0.464. The van der Waals surface area contributed by atoms with Crippen LogP contribution in [0.5, 0.6) is 0 Å². The first kappa shape index (κ1) is 10.2. The first-order valence-corrected chi connectivity index (χ1v) is 3.96. The van der Waals surface area contributed by atoms with Crippen molar-refractivity contribution in [1.29, 1.82) is 0 Å². The monoisotopic (exact) mass is 151 g/mol. The quantitative estimate of drug-likeness (QED) is 0.549. The van der Waals surface area contributed by atoms with E-state index in [9.17, 15) is 0 Å². The van der Waals surface area contributed by atoms with Gasteiger partial charge in [-0.05, 0) is 25.8 Å². The number of nitrogens with zero attached hydrogens (tertiary/aromatic N) is 1. The summed E-state index contributed by atoms with van der Waals surface area (Å²) in [6.07, 6.45) is 7.71. The smallest absolute Gasteiger partial charge is 0.0266 e. The molecule has 0 spiro atoms. The van der Waals surface area contributed by atoms with Crippen LogP contribution < -0.4 is 0 Å². The van der Waals surface area contributed by atoms with E-state index < -0.39 is 0 Å². The molecular weight excluding hydrogens is 134 g/mol. The van der Waals surface area contributed by atoms with Crippen molar-refractivity contribution in [2.45, 2.75) is 27.7 Å². The average molecular weight is 151 g/mol. The third-order valence-corrected chi connectivity index (χ3v) is 1.05. The zero-order valence-electron chi connectivity index (χ0n) is 7.83. The van der Waals surface area contributed by atoms with E-state index in [2.05, 4.69) is 38.8 Å². The molecule has 0 unspecified atom stereocenters. The van der Waals surface area contributed by atoms with Crippen molar-refractivity contribution in [1.82, 2.24) is 0 Å². The van der Waals surface area contributed by atoms with Gasteiger partial charge in [-0.3, -0.25) is 4.99 Å². The molecule has 1 nitrogen and oxygen atoms in total. The maximum Gasteiger partial charge on any atom is 0.0266 e. The summed E-state index contributed by atoms with van der Waals surface area (Å²) < 4.78 is 0. The highest BCUT2D eigenvalue weighted by Crippen LogP contribution is 1.92. The van der Waals surface area contributed by atoms with E-state index in [1.54, 1.807) is 0 Å². The van der Waals surface area contributed by atoms with Gasteiger partial charge in [-0.2, -0.15) is 0 Å². The number of allylic oxidation sites excluding steroid dienone is 3. The first-order chi connectivity index (χ1) is 5.13. The van der Waals surface area contributed by atoms with Crippen LogP contribution in [-0.4, -0.2) is 6.21 Å². The lowest BCUT2D eigenvalue weighted by molar-refractivity contribution is 0.829. The largest absolute Gasteiger partial charge is 0.265 e. The lowest BCUT2D eigenvalue weighted by Crippen LogP contribution is -1.75. The van der Waals surface area contributed by atoms with E-state index in [0.717, 1.165) is 0 Å².